The van der Waals surface area contributed by atoms with E-state index in [9.17, 15) is 9.59 Å². The van der Waals surface area contributed by atoms with Crippen molar-refractivity contribution >= 4 is 34.2 Å². The van der Waals surface area contributed by atoms with Crippen LogP contribution < -0.4 is 19.8 Å². The summed E-state index contributed by atoms with van der Waals surface area (Å²) in [5, 5.41) is 0.801. The second-order valence-electron chi connectivity index (χ2n) is 8.49. The lowest BCUT2D eigenvalue weighted by Gasteiger charge is -2.26. The number of benzene rings is 3. The van der Waals surface area contributed by atoms with Crippen molar-refractivity contribution in [3.63, 3.8) is 0 Å². The summed E-state index contributed by atoms with van der Waals surface area (Å²) in [6.07, 6.45) is 0.895. The molecular formula is C28H24ClNO5. The van der Waals surface area contributed by atoms with Crippen molar-refractivity contribution in [1.29, 1.82) is 0 Å². The van der Waals surface area contributed by atoms with E-state index in [1.807, 2.05) is 44.2 Å². The number of aryl methyl sites for hydroxylation is 1. The maximum atomic E-state index is 13.7. The molecule has 2 heterocycles. The van der Waals surface area contributed by atoms with Gasteiger partial charge in [0.25, 0.3) is 5.91 Å². The highest BCUT2D eigenvalue weighted by atomic mass is 35.5. The van der Waals surface area contributed by atoms with Crippen LogP contribution in [0.3, 0.4) is 0 Å². The minimum absolute atomic E-state index is 0.0367. The average Bonchev–Trinajstić information content (AvgIpc) is 3.16. The summed E-state index contributed by atoms with van der Waals surface area (Å²) >= 11 is 6.40. The summed E-state index contributed by atoms with van der Waals surface area (Å²) in [5.41, 5.74) is 2.68. The monoisotopic (exact) mass is 489 g/mol. The molecule has 0 aliphatic carbocycles. The Morgan fingerprint density at radius 3 is 2.49 bits per heavy atom. The maximum Gasteiger partial charge on any atom is 0.295 e. The molecule has 0 spiro atoms. The van der Waals surface area contributed by atoms with Gasteiger partial charge >= 0.3 is 0 Å². The van der Waals surface area contributed by atoms with E-state index in [2.05, 4.69) is 0 Å². The molecule has 1 atom stereocenters. The Kier molecular flexibility index (Phi) is 5.99. The quantitative estimate of drug-likeness (QED) is 0.318. The van der Waals surface area contributed by atoms with Crippen LogP contribution in [0.5, 0.6) is 11.5 Å². The molecule has 0 N–H and O–H groups in total. The van der Waals surface area contributed by atoms with Crippen LogP contribution in [0, 0.1) is 6.92 Å². The van der Waals surface area contributed by atoms with Gasteiger partial charge in [-0.15, -0.1) is 0 Å². The zero-order valence-electron chi connectivity index (χ0n) is 19.6. The van der Waals surface area contributed by atoms with Gasteiger partial charge < -0.3 is 13.9 Å². The van der Waals surface area contributed by atoms with E-state index < -0.39 is 11.9 Å². The molecule has 1 unspecified atom stereocenters. The summed E-state index contributed by atoms with van der Waals surface area (Å²) in [6, 6.07) is 17.2. The summed E-state index contributed by atoms with van der Waals surface area (Å²) in [4.78, 5) is 29.0. The number of hydrogen-bond acceptors (Lipinski definition) is 5. The van der Waals surface area contributed by atoms with E-state index in [1.165, 1.54) is 7.11 Å². The van der Waals surface area contributed by atoms with Gasteiger partial charge in [0, 0.05) is 5.69 Å². The first-order valence-corrected chi connectivity index (χ1v) is 11.8. The summed E-state index contributed by atoms with van der Waals surface area (Å²) < 4.78 is 17.0. The van der Waals surface area contributed by atoms with Crippen molar-refractivity contribution in [2.24, 2.45) is 0 Å². The first kappa shape index (κ1) is 23.0. The van der Waals surface area contributed by atoms with E-state index in [0.717, 1.165) is 23.3 Å². The lowest BCUT2D eigenvalue weighted by atomic mass is 9.97. The number of methoxy groups -OCH3 is 1. The van der Waals surface area contributed by atoms with Gasteiger partial charge in [0.2, 0.25) is 5.76 Å². The van der Waals surface area contributed by atoms with Gasteiger partial charge in [-0.3, -0.25) is 14.5 Å². The van der Waals surface area contributed by atoms with Crippen LogP contribution in [0.2, 0.25) is 5.02 Å². The van der Waals surface area contributed by atoms with Gasteiger partial charge in [0.1, 0.15) is 17.1 Å². The third-order valence-corrected chi connectivity index (χ3v) is 6.40. The molecule has 0 fully saturated rings. The smallest absolute Gasteiger partial charge is 0.295 e. The molecular weight excluding hydrogens is 466 g/mol. The van der Waals surface area contributed by atoms with Crippen molar-refractivity contribution < 1.29 is 18.7 Å². The van der Waals surface area contributed by atoms with E-state index in [4.69, 9.17) is 25.5 Å². The highest BCUT2D eigenvalue weighted by Gasteiger charge is 2.43. The number of fused-ring (bicyclic) bond motifs is 2. The van der Waals surface area contributed by atoms with Crippen molar-refractivity contribution in [2.45, 2.75) is 26.3 Å². The Hall–Kier alpha value is -3.77. The number of amides is 1. The Morgan fingerprint density at radius 1 is 1.03 bits per heavy atom. The number of hydrogen-bond donors (Lipinski definition) is 0. The number of ether oxygens (including phenoxy) is 2. The van der Waals surface area contributed by atoms with E-state index >= 15 is 0 Å². The van der Waals surface area contributed by atoms with Crippen LogP contribution in [0.1, 0.15) is 46.6 Å². The molecule has 1 aromatic heterocycles. The first-order valence-electron chi connectivity index (χ1n) is 11.4. The first-order chi connectivity index (χ1) is 16.9. The highest BCUT2D eigenvalue weighted by Crippen LogP contribution is 2.43. The zero-order valence-corrected chi connectivity index (χ0v) is 20.4. The molecule has 178 valence electrons. The Balaban J connectivity index is 1.72. The topological polar surface area (TPSA) is 69.0 Å². The van der Waals surface area contributed by atoms with Crippen LogP contribution in [-0.2, 0) is 0 Å². The molecule has 35 heavy (non-hydrogen) atoms. The molecule has 0 saturated carbocycles. The number of anilines is 1. The SMILES string of the molecule is CCCOc1ccc(C2c3c(oc4ccc(C)cc4c3=O)C(=O)N2c2ccc(OC)c(Cl)c2)cc1. The minimum Gasteiger partial charge on any atom is -0.495 e. The largest absolute Gasteiger partial charge is 0.495 e. The molecule has 1 amide bonds. The van der Waals surface area contributed by atoms with Gasteiger partial charge in [0.15, 0.2) is 5.43 Å². The minimum atomic E-state index is -0.691. The second-order valence-corrected chi connectivity index (χ2v) is 8.89. The van der Waals surface area contributed by atoms with Gasteiger partial charge in [-0.25, -0.2) is 0 Å². The number of nitrogens with zero attached hydrogens (tertiary/aromatic N) is 1. The lowest BCUT2D eigenvalue weighted by molar-refractivity contribution is 0.0971. The van der Waals surface area contributed by atoms with Gasteiger partial charge in [-0.05, 0) is 61.4 Å². The predicted molar refractivity (Wildman–Crippen MR) is 136 cm³/mol. The van der Waals surface area contributed by atoms with Crippen molar-refractivity contribution in [1.82, 2.24) is 0 Å². The van der Waals surface area contributed by atoms with Gasteiger partial charge in [-0.1, -0.05) is 42.3 Å². The molecule has 6 nitrogen and oxygen atoms in total. The highest BCUT2D eigenvalue weighted by molar-refractivity contribution is 6.32. The number of rotatable bonds is 6. The molecule has 1 aliphatic heterocycles. The second kappa shape index (κ2) is 9.12. The summed E-state index contributed by atoms with van der Waals surface area (Å²) in [6.45, 7) is 4.56. The van der Waals surface area contributed by atoms with Gasteiger partial charge in [-0.2, -0.15) is 0 Å². The Bertz CT molecular complexity index is 1490. The molecule has 5 rings (SSSR count). The normalized spacial score (nSPS) is 14.9. The summed E-state index contributed by atoms with van der Waals surface area (Å²) in [7, 11) is 1.53. The fourth-order valence-corrected chi connectivity index (χ4v) is 4.69. The van der Waals surface area contributed by atoms with E-state index in [1.54, 1.807) is 35.2 Å². The third kappa shape index (κ3) is 3.94. The number of carbonyl (C=O) groups excluding carboxylic acids is 1. The van der Waals surface area contributed by atoms with Crippen LogP contribution in [0.4, 0.5) is 5.69 Å². The van der Waals surface area contributed by atoms with E-state index in [0.29, 0.717) is 39.6 Å². The fraction of sp³-hybridized carbons (Fsp3) is 0.214. The molecule has 0 radical (unpaired) electrons. The van der Waals surface area contributed by atoms with Gasteiger partial charge in [0.05, 0.1) is 35.7 Å². The third-order valence-electron chi connectivity index (χ3n) is 6.11. The van der Waals surface area contributed by atoms with Crippen LogP contribution in [0.25, 0.3) is 11.0 Å². The fourth-order valence-electron chi connectivity index (χ4n) is 4.44. The maximum absolute atomic E-state index is 13.7. The number of halogens is 1. The summed E-state index contributed by atoms with van der Waals surface area (Å²) in [5.74, 6) is 0.844. The predicted octanol–water partition coefficient (Wildman–Crippen LogP) is 6.30. The Labute approximate surface area is 207 Å². The molecule has 1 aliphatic rings. The Morgan fingerprint density at radius 2 is 1.80 bits per heavy atom. The number of carbonyl (C=O) groups is 1. The van der Waals surface area contributed by atoms with Crippen molar-refractivity contribution in [2.75, 3.05) is 18.6 Å². The molecule has 7 heteroatoms. The van der Waals surface area contributed by atoms with Crippen molar-refractivity contribution in [3.8, 4) is 11.5 Å². The molecule has 0 saturated heterocycles. The van der Waals surface area contributed by atoms with Crippen LogP contribution >= 0.6 is 11.6 Å². The molecule has 0 bridgehead atoms. The molecule has 4 aromatic rings. The van der Waals surface area contributed by atoms with E-state index in [-0.39, 0.29) is 11.2 Å². The zero-order chi connectivity index (χ0) is 24.7. The molecule has 3 aromatic carbocycles. The van der Waals surface area contributed by atoms with Crippen molar-refractivity contribution in [3.05, 3.63) is 98.4 Å². The average molecular weight is 490 g/mol. The van der Waals surface area contributed by atoms with Crippen LogP contribution in [-0.4, -0.2) is 19.6 Å². The standard InChI is InChI=1S/C28H24ClNO5/c1-4-13-34-19-9-6-17(7-10-19)25-24-26(31)20-14-16(2)5-11-22(20)35-27(24)28(32)30(25)18-8-12-23(33-3)21(29)15-18/h5-12,14-15,25H,4,13H2,1-3H3. The lowest BCUT2D eigenvalue weighted by Crippen LogP contribution is -2.29. The van der Waals surface area contributed by atoms with Crippen LogP contribution in [0.15, 0.2) is 69.9 Å².